The second-order valence-electron chi connectivity index (χ2n) is 3.77. The molecule has 0 aliphatic carbocycles. The highest BCUT2D eigenvalue weighted by Crippen LogP contribution is 2.28. The molecule has 3 aromatic rings. The first kappa shape index (κ1) is 10.2. The third-order valence-corrected chi connectivity index (χ3v) is 3.01. The average molecular weight is 246 g/mol. The van der Waals surface area contributed by atoms with Crippen LogP contribution >= 0.6 is 11.6 Å². The summed E-state index contributed by atoms with van der Waals surface area (Å²) in [5, 5.41) is 1.24. The van der Waals surface area contributed by atoms with Gasteiger partial charge in [-0.1, -0.05) is 23.7 Å². The molecule has 0 saturated heterocycles. The van der Waals surface area contributed by atoms with Gasteiger partial charge in [0.25, 0.3) is 0 Å². The number of anilines is 1. The number of hydrogen-bond acceptors (Lipinski definition) is 3. The van der Waals surface area contributed by atoms with Crippen molar-refractivity contribution in [3.8, 4) is 0 Å². The lowest BCUT2D eigenvalue weighted by Crippen LogP contribution is -2.05. The van der Waals surface area contributed by atoms with E-state index in [2.05, 4.69) is 0 Å². The van der Waals surface area contributed by atoms with E-state index in [0.29, 0.717) is 32.6 Å². The number of nitrogens with two attached hydrogens (primary N) is 1. The third-order valence-electron chi connectivity index (χ3n) is 2.71. The number of fused-ring (bicyclic) bond motifs is 2. The van der Waals surface area contributed by atoms with E-state index in [9.17, 15) is 4.79 Å². The van der Waals surface area contributed by atoms with Crippen molar-refractivity contribution in [1.29, 1.82) is 0 Å². The monoisotopic (exact) mass is 245 g/mol. The number of nitrogen functional groups attached to an aromatic ring is 1. The molecule has 1 heterocycles. The van der Waals surface area contributed by atoms with Crippen molar-refractivity contribution in [2.45, 2.75) is 0 Å². The van der Waals surface area contributed by atoms with Crippen LogP contribution in [0.2, 0.25) is 5.02 Å². The number of benzene rings is 2. The topological polar surface area (TPSA) is 56.2 Å². The molecule has 0 saturated carbocycles. The Bertz CT molecular complexity index is 792. The minimum atomic E-state index is -0.151. The van der Waals surface area contributed by atoms with Gasteiger partial charge in [0.2, 0.25) is 5.43 Å². The lowest BCUT2D eigenvalue weighted by molar-refractivity contribution is 0.660. The first-order valence-electron chi connectivity index (χ1n) is 5.08. The fourth-order valence-electron chi connectivity index (χ4n) is 1.89. The van der Waals surface area contributed by atoms with E-state index >= 15 is 0 Å². The molecule has 0 aliphatic rings. The molecule has 0 atom stereocenters. The highest BCUT2D eigenvalue weighted by Gasteiger charge is 2.12. The van der Waals surface area contributed by atoms with E-state index in [0.717, 1.165) is 0 Å². The predicted molar refractivity (Wildman–Crippen MR) is 69.4 cm³/mol. The molecule has 0 unspecified atom stereocenters. The summed E-state index contributed by atoms with van der Waals surface area (Å²) in [6, 6.07) is 10.3. The van der Waals surface area contributed by atoms with Crippen LogP contribution in [0.3, 0.4) is 0 Å². The van der Waals surface area contributed by atoms with Gasteiger partial charge in [0.1, 0.15) is 5.58 Å². The van der Waals surface area contributed by atoms with Crippen LogP contribution < -0.4 is 11.2 Å². The molecule has 4 heteroatoms. The average Bonchev–Trinajstić information content (AvgIpc) is 2.34. The Labute approximate surface area is 101 Å². The fraction of sp³-hybridized carbons (Fsp3) is 0. The van der Waals surface area contributed by atoms with Gasteiger partial charge in [-0.05, 0) is 24.3 Å². The lowest BCUT2D eigenvalue weighted by atomic mass is 10.1. The fourth-order valence-corrected chi connectivity index (χ4v) is 2.09. The summed E-state index contributed by atoms with van der Waals surface area (Å²) >= 11 is 6.01. The van der Waals surface area contributed by atoms with Gasteiger partial charge in [-0.25, -0.2) is 0 Å². The van der Waals surface area contributed by atoms with E-state index < -0.39 is 0 Å². The molecular formula is C13H8ClNO2. The van der Waals surface area contributed by atoms with Crippen LogP contribution in [-0.2, 0) is 0 Å². The molecule has 0 fully saturated rings. The molecule has 2 aromatic carbocycles. The van der Waals surface area contributed by atoms with Crippen molar-refractivity contribution in [1.82, 2.24) is 0 Å². The van der Waals surface area contributed by atoms with Crippen LogP contribution in [0.1, 0.15) is 0 Å². The standard InChI is InChI=1S/C13H8ClNO2/c14-8-5-6-9(15)11-12(16)7-3-1-2-4-10(7)17-13(8)11/h1-6H,15H2. The highest BCUT2D eigenvalue weighted by atomic mass is 35.5. The minimum Gasteiger partial charge on any atom is -0.454 e. The normalized spacial score (nSPS) is 11.1. The van der Waals surface area contributed by atoms with Crippen LogP contribution in [-0.4, -0.2) is 0 Å². The molecule has 0 amide bonds. The minimum absolute atomic E-state index is 0.151. The summed E-state index contributed by atoms with van der Waals surface area (Å²) in [4.78, 5) is 12.3. The largest absolute Gasteiger partial charge is 0.454 e. The van der Waals surface area contributed by atoms with Crippen molar-refractivity contribution in [2.75, 3.05) is 5.73 Å². The summed E-state index contributed by atoms with van der Waals surface area (Å²) in [5.41, 5.74) is 6.88. The van der Waals surface area contributed by atoms with Gasteiger partial charge < -0.3 is 10.2 Å². The molecular weight excluding hydrogens is 238 g/mol. The van der Waals surface area contributed by atoms with Crippen LogP contribution in [0.5, 0.6) is 0 Å². The van der Waals surface area contributed by atoms with E-state index in [1.165, 1.54) is 0 Å². The van der Waals surface area contributed by atoms with Gasteiger partial charge in [-0.15, -0.1) is 0 Å². The van der Waals surface area contributed by atoms with Gasteiger partial charge >= 0.3 is 0 Å². The zero-order valence-electron chi connectivity index (χ0n) is 8.74. The number of para-hydroxylation sites is 1. The van der Waals surface area contributed by atoms with Gasteiger partial charge in [0.15, 0.2) is 5.58 Å². The van der Waals surface area contributed by atoms with Crippen molar-refractivity contribution in [2.24, 2.45) is 0 Å². The Morgan fingerprint density at radius 1 is 1.12 bits per heavy atom. The smallest absolute Gasteiger partial charge is 0.202 e. The van der Waals surface area contributed by atoms with E-state index in [4.69, 9.17) is 21.8 Å². The summed E-state index contributed by atoms with van der Waals surface area (Å²) in [5.74, 6) is 0. The second-order valence-corrected chi connectivity index (χ2v) is 4.18. The zero-order valence-corrected chi connectivity index (χ0v) is 9.49. The molecule has 0 radical (unpaired) electrons. The quantitative estimate of drug-likeness (QED) is 0.489. The summed E-state index contributed by atoms with van der Waals surface area (Å²) in [6.07, 6.45) is 0. The molecule has 1 aromatic heterocycles. The van der Waals surface area contributed by atoms with Crippen LogP contribution in [0.25, 0.3) is 21.9 Å². The van der Waals surface area contributed by atoms with E-state index in [1.54, 1.807) is 36.4 Å². The molecule has 2 N–H and O–H groups in total. The number of rotatable bonds is 0. The maximum absolute atomic E-state index is 12.3. The third kappa shape index (κ3) is 1.40. The molecule has 0 aliphatic heterocycles. The van der Waals surface area contributed by atoms with Crippen molar-refractivity contribution in [3.05, 3.63) is 51.6 Å². The number of hydrogen-bond donors (Lipinski definition) is 1. The Morgan fingerprint density at radius 3 is 2.71 bits per heavy atom. The maximum Gasteiger partial charge on any atom is 0.202 e. The van der Waals surface area contributed by atoms with Crippen molar-refractivity contribution in [3.63, 3.8) is 0 Å². The van der Waals surface area contributed by atoms with Crippen molar-refractivity contribution < 1.29 is 4.42 Å². The molecule has 84 valence electrons. The van der Waals surface area contributed by atoms with Crippen LogP contribution in [0.4, 0.5) is 5.69 Å². The SMILES string of the molecule is Nc1ccc(Cl)c2oc3ccccc3c(=O)c12. The van der Waals surface area contributed by atoms with Crippen LogP contribution in [0, 0.1) is 0 Å². The second kappa shape index (κ2) is 3.50. The molecule has 3 nitrogen and oxygen atoms in total. The molecule has 0 bridgehead atoms. The first-order valence-corrected chi connectivity index (χ1v) is 5.46. The van der Waals surface area contributed by atoms with Gasteiger partial charge in [-0.3, -0.25) is 4.79 Å². The lowest BCUT2D eigenvalue weighted by Gasteiger charge is -2.04. The molecule has 0 spiro atoms. The Morgan fingerprint density at radius 2 is 1.88 bits per heavy atom. The summed E-state index contributed by atoms with van der Waals surface area (Å²) < 4.78 is 5.63. The Kier molecular flexibility index (Phi) is 2.09. The van der Waals surface area contributed by atoms with Gasteiger partial charge in [0.05, 0.1) is 15.8 Å². The maximum atomic E-state index is 12.3. The van der Waals surface area contributed by atoms with E-state index in [-0.39, 0.29) is 5.43 Å². The van der Waals surface area contributed by atoms with Gasteiger partial charge in [0, 0.05) is 5.69 Å². The van der Waals surface area contributed by atoms with Gasteiger partial charge in [-0.2, -0.15) is 0 Å². The predicted octanol–water partition coefficient (Wildman–Crippen LogP) is 3.18. The van der Waals surface area contributed by atoms with E-state index in [1.807, 2.05) is 0 Å². The molecule has 17 heavy (non-hydrogen) atoms. The Balaban J connectivity index is 2.69. The Hall–Kier alpha value is -2.00. The first-order chi connectivity index (χ1) is 8.18. The summed E-state index contributed by atoms with van der Waals surface area (Å²) in [7, 11) is 0. The molecule has 3 rings (SSSR count). The van der Waals surface area contributed by atoms with Crippen LogP contribution in [0.15, 0.2) is 45.6 Å². The summed E-state index contributed by atoms with van der Waals surface area (Å²) in [6.45, 7) is 0. The zero-order chi connectivity index (χ0) is 12.0. The highest BCUT2D eigenvalue weighted by molar-refractivity contribution is 6.35. The van der Waals surface area contributed by atoms with Crippen molar-refractivity contribution >= 4 is 39.2 Å². The number of halogens is 1.